The molecule has 0 saturated heterocycles. The number of hydrogen-bond acceptors (Lipinski definition) is 3. The summed E-state index contributed by atoms with van der Waals surface area (Å²) in [6.45, 7) is 0. The van der Waals surface area contributed by atoms with Crippen molar-refractivity contribution < 1.29 is 9.53 Å². The largest absolute Gasteiger partial charge is 0.465 e. The number of halogens is 2. The van der Waals surface area contributed by atoms with Gasteiger partial charge in [0, 0.05) is 0 Å². The van der Waals surface area contributed by atoms with Gasteiger partial charge in [0.15, 0.2) is 0 Å². The number of hydrogen-bond donors (Lipinski definition) is 1. The third-order valence-electron chi connectivity index (χ3n) is 1.52. The minimum Gasteiger partial charge on any atom is -0.465 e. The molecule has 1 rings (SSSR count). The zero-order chi connectivity index (χ0) is 10.0. The first-order valence-electron chi connectivity index (χ1n) is 3.39. The van der Waals surface area contributed by atoms with Crippen LogP contribution in [0.4, 0.5) is 5.69 Å². The fraction of sp³-hybridized carbons (Fsp3) is 0.125. The predicted octanol–water partition coefficient (Wildman–Crippen LogP) is 2.47. The molecule has 0 atom stereocenters. The van der Waals surface area contributed by atoms with E-state index in [1.54, 1.807) is 12.1 Å². The van der Waals surface area contributed by atoms with Crippen LogP contribution in [0.5, 0.6) is 0 Å². The topological polar surface area (TPSA) is 52.3 Å². The number of anilines is 1. The lowest BCUT2D eigenvalue weighted by Gasteiger charge is -2.05. The molecule has 0 spiro atoms. The summed E-state index contributed by atoms with van der Waals surface area (Å²) in [5, 5.41) is 0.322. The minimum absolute atomic E-state index is 0.322. The Labute approximate surface area is 88.9 Å². The number of nitrogens with two attached hydrogens (primary N) is 1. The van der Waals surface area contributed by atoms with Crippen molar-refractivity contribution in [3.63, 3.8) is 0 Å². The Balaban J connectivity index is 3.26. The summed E-state index contributed by atoms with van der Waals surface area (Å²) >= 11 is 8.96. The van der Waals surface area contributed by atoms with E-state index < -0.39 is 5.97 Å². The maximum atomic E-state index is 11.1. The normalized spacial score (nSPS) is 9.77. The molecule has 1 aromatic carbocycles. The Morgan fingerprint density at radius 1 is 1.62 bits per heavy atom. The van der Waals surface area contributed by atoms with Crippen LogP contribution < -0.4 is 5.73 Å². The van der Waals surface area contributed by atoms with Crippen molar-refractivity contribution in [2.45, 2.75) is 0 Å². The van der Waals surface area contributed by atoms with Gasteiger partial charge in [-0.25, -0.2) is 4.79 Å². The van der Waals surface area contributed by atoms with Crippen molar-refractivity contribution in [3.8, 4) is 0 Å². The van der Waals surface area contributed by atoms with Crippen LogP contribution in [0.3, 0.4) is 0 Å². The number of nitrogen functional groups attached to an aromatic ring is 1. The van der Waals surface area contributed by atoms with Crippen LogP contribution in [-0.2, 0) is 4.74 Å². The van der Waals surface area contributed by atoms with E-state index in [0.717, 1.165) is 0 Å². The van der Waals surface area contributed by atoms with Gasteiger partial charge in [-0.05, 0) is 28.1 Å². The summed E-state index contributed by atoms with van der Waals surface area (Å²) < 4.78 is 5.00. The molecule has 0 aliphatic carbocycles. The monoisotopic (exact) mass is 263 g/mol. The van der Waals surface area contributed by atoms with Gasteiger partial charge in [0.1, 0.15) is 0 Å². The highest BCUT2D eigenvalue weighted by molar-refractivity contribution is 9.10. The Morgan fingerprint density at radius 2 is 2.23 bits per heavy atom. The summed E-state index contributed by atoms with van der Waals surface area (Å²) in [7, 11) is 1.30. The average Bonchev–Trinajstić information content (AvgIpc) is 2.13. The van der Waals surface area contributed by atoms with Crippen LogP contribution in [-0.4, -0.2) is 13.1 Å². The van der Waals surface area contributed by atoms with Crippen LogP contribution in [0.1, 0.15) is 10.4 Å². The van der Waals surface area contributed by atoms with Crippen LogP contribution in [0.2, 0.25) is 5.02 Å². The van der Waals surface area contributed by atoms with E-state index in [1.165, 1.54) is 7.11 Å². The van der Waals surface area contributed by atoms with Crippen molar-refractivity contribution in [1.29, 1.82) is 0 Å². The van der Waals surface area contributed by atoms with Crippen molar-refractivity contribution in [2.24, 2.45) is 0 Å². The second-order valence-corrected chi connectivity index (χ2v) is 3.49. The molecule has 0 aromatic heterocycles. The molecule has 0 aliphatic rings. The Morgan fingerprint density at radius 3 is 2.77 bits per heavy atom. The third-order valence-corrected chi connectivity index (χ3v) is 2.98. The molecular formula is C8H7BrClNO2. The molecule has 70 valence electrons. The number of carbonyl (C=O) groups is 1. The second kappa shape index (κ2) is 3.98. The lowest BCUT2D eigenvalue weighted by molar-refractivity contribution is 0.0600. The smallest absolute Gasteiger partial charge is 0.339 e. The van der Waals surface area contributed by atoms with Gasteiger partial charge in [0.05, 0.1) is 27.9 Å². The molecule has 0 amide bonds. The maximum absolute atomic E-state index is 11.1. The first-order valence-corrected chi connectivity index (χ1v) is 4.56. The lowest BCUT2D eigenvalue weighted by atomic mass is 10.2. The standard InChI is InChI=1S/C8H7BrClNO2/c1-13-8(12)4-2-3-5(11)7(10)6(4)9/h2-3H,11H2,1H3. The number of rotatable bonds is 1. The van der Waals surface area contributed by atoms with E-state index in [9.17, 15) is 4.79 Å². The number of ether oxygens (including phenoxy) is 1. The molecular weight excluding hydrogens is 257 g/mol. The van der Waals surface area contributed by atoms with Gasteiger partial charge in [0.2, 0.25) is 0 Å². The van der Waals surface area contributed by atoms with Crippen LogP contribution in [0.25, 0.3) is 0 Å². The van der Waals surface area contributed by atoms with Crippen molar-refractivity contribution in [2.75, 3.05) is 12.8 Å². The number of esters is 1. The van der Waals surface area contributed by atoms with Crippen molar-refractivity contribution in [1.82, 2.24) is 0 Å². The third kappa shape index (κ3) is 1.95. The summed E-state index contributed by atoms with van der Waals surface area (Å²) in [5.74, 6) is -0.450. The van der Waals surface area contributed by atoms with Gasteiger partial charge in [-0.3, -0.25) is 0 Å². The minimum atomic E-state index is -0.450. The molecule has 3 nitrogen and oxygen atoms in total. The SMILES string of the molecule is COC(=O)c1ccc(N)c(Cl)c1Br. The quantitative estimate of drug-likeness (QED) is 0.626. The maximum Gasteiger partial charge on any atom is 0.339 e. The van der Waals surface area contributed by atoms with E-state index in [1.807, 2.05) is 0 Å². The van der Waals surface area contributed by atoms with Gasteiger partial charge in [-0.15, -0.1) is 0 Å². The average molecular weight is 265 g/mol. The van der Waals surface area contributed by atoms with Crippen molar-refractivity contribution in [3.05, 3.63) is 27.2 Å². The fourth-order valence-electron chi connectivity index (χ4n) is 0.832. The summed E-state index contributed by atoms with van der Waals surface area (Å²) in [4.78, 5) is 11.1. The zero-order valence-corrected chi connectivity index (χ0v) is 9.15. The first kappa shape index (κ1) is 10.3. The lowest BCUT2D eigenvalue weighted by Crippen LogP contribution is -2.03. The number of carbonyl (C=O) groups excluding carboxylic acids is 1. The van der Waals surface area contributed by atoms with Gasteiger partial charge in [-0.2, -0.15) is 0 Å². The van der Waals surface area contributed by atoms with Crippen molar-refractivity contribution >= 4 is 39.2 Å². The molecule has 0 saturated carbocycles. The highest BCUT2D eigenvalue weighted by Crippen LogP contribution is 2.31. The van der Waals surface area contributed by atoms with Gasteiger partial charge >= 0.3 is 5.97 Å². The molecule has 0 fully saturated rings. The Bertz CT molecular complexity index is 354. The van der Waals surface area contributed by atoms with E-state index >= 15 is 0 Å². The fourth-order valence-corrected chi connectivity index (χ4v) is 1.52. The van der Waals surface area contributed by atoms with E-state index in [2.05, 4.69) is 20.7 Å². The van der Waals surface area contributed by atoms with Crippen LogP contribution in [0.15, 0.2) is 16.6 Å². The van der Waals surface area contributed by atoms with Crippen LogP contribution >= 0.6 is 27.5 Å². The number of methoxy groups -OCH3 is 1. The highest BCUT2D eigenvalue weighted by Gasteiger charge is 2.14. The Kier molecular flexibility index (Phi) is 3.17. The molecule has 13 heavy (non-hydrogen) atoms. The van der Waals surface area contributed by atoms with E-state index in [4.69, 9.17) is 17.3 Å². The molecule has 0 heterocycles. The van der Waals surface area contributed by atoms with Gasteiger partial charge in [-0.1, -0.05) is 11.6 Å². The zero-order valence-electron chi connectivity index (χ0n) is 6.80. The second-order valence-electron chi connectivity index (χ2n) is 2.32. The predicted molar refractivity (Wildman–Crippen MR) is 54.9 cm³/mol. The van der Waals surface area contributed by atoms with Gasteiger partial charge in [0.25, 0.3) is 0 Å². The van der Waals surface area contributed by atoms with Gasteiger partial charge < -0.3 is 10.5 Å². The Hall–Kier alpha value is -0.740. The summed E-state index contributed by atoms with van der Waals surface area (Å²) in [6.07, 6.45) is 0. The molecule has 0 unspecified atom stereocenters. The molecule has 0 bridgehead atoms. The molecule has 1 aromatic rings. The molecule has 0 aliphatic heterocycles. The number of benzene rings is 1. The molecule has 5 heteroatoms. The molecule has 2 N–H and O–H groups in total. The first-order chi connectivity index (χ1) is 6.07. The summed E-state index contributed by atoms with van der Waals surface area (Å²) in [5.41, 5.74) is 6.30. The van der Waals surface area contributed by atoms with E-state index in [-0.39, 0.29) is 0 Å². The van der Waals surface area contributed by atoms with E-state index in [0.29, 0.717) is 20.7 Å². The molecule has 0 radical (unpaired) electrons. The highest BCUT2D eigenvalue weighted by atomic mass is 79.9. The van der Waals surface area contributed by atoms with Crippen LogP contribution in [0, 0.1) is 0 Å². The summed E-state index contributed by atoms with van der Waals surface area (Å²) in [6, 6.07) is 3.11.